The molecule has 202 valence electrons. The molecule has 5 aliphatic rings. The minimum absolute atomic E-state index is 0.0183. The van der Waals surface area contributed by atoms with Gasteiger partial charge in [0.05, 0.1) is 6.10 Å². The summed E-state index contributed by atoms with van der Waals surface area (Å²) in [5.41, 5.74) is 0.672. The van der Waals surface area contributed by atoms with Gasteiger partial charge in [-0.3, -0.25) is 0 Å². The molecule has 5 fully saturated rings. The van der Waals surface area contributed by atoms with Gasteiger partial charge in [-0.1, -0.05) is 67.7 Å². The van der Waals surface area contributed by atoms with Crippen LogP contribution in [0.1, 0.15) is 119 Å². The van der Waals surface area contributed by atoms with Crippen molar-refractivity contribution in [2.45, 2.75) is 136 Å². The van der Waals surface area contributed by atoms with Crippen molar-refractivity contribution in [3.05, 3.63) is 0 Å². The van der Waals surface area contributed by atoms with E-state index in [2.05, 4.69) is 53.4 Å². The molecule has 10 atom stereocenters. The van der Waals surface area contributed by atoms with E-state index < -0.39 is 0 Å². The highest BCUT2D eigenvalue weighted by Gasteiger charge is 2.83. The molecular formula is C32H57NO2. The van der Waals surface area contributed by atoms with Crippen molar-refractivity contribution in [1.29, 1.82) is 0 Å². The quantitative estimate of drug-likeness (QED) is 0.346. The van der Waals surface area contributed by atoms with E-state index in [4.69, 9.17) is 4.74 Å². The highest BCUT2D eigenvalue weighted by atomic mass is 16.6. The van der Waals surface area contributed by atoms with Crippen LogP contribution >= 0.6 is 0 Å². The second-order valence-electron chi connectivity index (χ2n) is 14.8. The van der Waals surface area contributed by atoms with Gasteiger partial charge in [0.15, 0.2) is 0 Å². The standard InChI is InChI=1S/C32H57NO2/c1-8-33(9-2)21-31-20-25-27-14-13-26(23(5)12-10-11-22(3)4)29(27,6)17-16-28(25)30(7)18-15-24(34)19-32(30,31)35-31/h22-28,34H,8-21H2,1-7H3/t23-,24+,25+,26-,27+,28+,29-,30-,31-,32+/m1/s1. The first kappa shape index (κ1) is 26.5. The number of aliphatic hydroxyl groups excluding tert-OH is 1. The van der Waals surface area contributed by atoms with E-state index in [-0.39, 0.29) is 22.7 Å². The van der Waals surface area contributed by atoms with Gasteiger partial charge in [-0.2, -0.15) is 0 Å². The number of hydrogen-bond donors (Lipinski definition) is 1. The van der Waals surface area contributed by atoms with Crippen molar-refractivity contribution < 1.29 is 9.84 Å². The predicted molar refractivity (Wildman–Crippen MR) is 145 cm³/mol. The van der Waals surface area contributed by atoms with Crippen LogP contribution in [0.15, 0.2) is 0 Å². The molecule has 5 rings (SSSR count). The zero-order valence-electron chi connectivity index (χ0n) is 24.2. The topological polar surface area (TPSA) is 36.0 Å². The number of epoxide rings is 1. The van der Waals surface area contributed by atoms with Crippen molar-refractivity contribution in [2.24, 2.45) is 46.3 Å². The zero-order valence-corrected chi connectivity index (χ0v) is 24.2. The van der Waals surface area contributed by atoms with Gasteiger partial charge in [0.25, 0.3) is 0 Å². The molecule has 0 radical (unpaired) electrons. The molecule has 1 saturated heterocycles. The smallest absolute Gasteiger partial charge is 0.112 e. The van der Waals surface area contributed by atoms with Gasteiger partial charge in [-0.25, -0.2) is 0 Å². The number of rotatable bonds is 9. The minimum atomic E-state index is -0.172. The molecule has 35 heavy (non-hydrogen) atoms. The third-order valence-corrected chi connectivity index (χ3v) is 12.9. The first-order valence-electron chi connectivity index (χ1n) is 15.7. The third-order valence-electron chi connectivity index (χ3n) is 12.9. The van der Waals surface area contributed by atoms with Crippen molar-refractivity contribution in [2.75, 3.05) is 19.6 Å². The molecule has 4 saturated carbocycles. The van der Waals surface area contributed by atoms with E-state index in [1.54, 1.807) is 0 Å². The molecule has 0 aromatic carbocycles. The molecule has 3 heteroatoms. The first-order valence-corrected chi connectivity index (χ1v) is 15.7. The molecule has 1 heterocycles. The van der Waals surface area contributed by atoms with Gasteiger partial charge in [0, 0.05) is 18.4 Å². The Balaban J connectivity index is 1.41. The van der Waals surface area contributed by atoms with Crippen LogP contribution < -0.4 is 0 Å². The molecule has 1 spiro atoms. The number of aliphatic hydroxyl groups is 1. The highest BCUT2D eigenvalue weighted by Crippen LogP contribution is 2.78. The van der Waals surface area contributed by atoms with Crippen LogP contribution in [0.5, 0.6) is 0 Å². The van der Waals surface area contributed by atoms with Crippen LogP contribution in [-0.2, 0) is 4.74 Å². The first-order chi connectivity index (χ1) is 16.6. The van der Waals surface area contributed by atoms with Gasteiger partial charge < -0.3 is 14.7 Å². The summed E-state index contributed by atoms with van der Waals surface area (Å²) in [7, 11) is 0. The van der Waals surface area contributed by atoms with E-state index >= 15 is 0 Å². The Morgan fingerprint density at radius 3 is 2.34 bits per heavy atom. The maximum Gasteiger partial charge on any atom is 0.112 e. The number of likely N-dealkylation sites (N-methyl/N-ethyl adjacent to an activating group) is 1. The summed E-state index contributed by atoms with van der Waals surface area (Å²) >= 11 is 0. The second kappa shape index (κ2) is 9.26. The number of ether oxygens (including phenoxy) is 1. The summed E-state index contributed by atoms with van der Waals surface area (Å²) < 4.78 is 7.09. The van der Waals surface area contributed by atoms with Gasteiger partial charge in [-0.05, 0) is 99.0 Å². The lowest BCUT2D eigenvalue weighted by Gasteiger charge is -2.61. The fourth-order valence-corrected chi connectivity index (χ4v) is 11.0. The normalized spacial score (nSPS) is 49.4. The number of hydrogen-bond acceptors (Lipinski definition) is 3. The molecule has 0 amide bonds. The van der Waals surface area contributed by atoms with E-state index in [9.17, 15) is 5.11 Å². The molecule has 0 unspecified atom stereocenters. The van der Waals surface area contributed by atoms with Crippen LogP contribution in [0, 0.1) is 46.3 Å². The van der Waals surface area contributed by atoms with Crippen LogP contribution in [0.4, 0.5) is 0 Å². The Hall–Kier alpha value is -0.120. The minimum Gasteiger partial charge on any atom is -0.393 e. The molecule has 0 aromatic rings. The average Bonchev–Trinajstić information content (AvgIpc) is 3.28. The van der Waals surface area contributed by atoms with E-state index in [1.165, 1.54) is 51.4 Å². The monoisotopic (exact) mass is 487 g/mol. The number of nitrogens with zero attached hydrogens (tertiary/aromatic N) is 1. The summed E-state index contributed by atoms with van der Waals surface area (Å²) in [5.74, 6) is 5.08. The Kier molecular flexibility index (Phi) is 7.01. The van der Waals surface area contributed by atoms with Crippen molar-refractivity contribution in [1.82, 2.24) is 4.90 Å². The molecule has 1 N–H and O–H groups in total. The number of fused-ring (bicyclic) bond motifs is 4. The van der Waals surface area contributed by atoms with Crippen molar-refractivity contribution in [3.63, 3.8) is 0 Å². The molecule has 3 nitrogen and oxygen atoms in total. The van der Waals surface area contributed by atoms with E-state index in [1.807, 2.05) is 0 Å². The third kappa shape index (κ3) is 3.91. The van der Waals surface area contributed by atoms with Crippen LogP contribution in [0.2, 0.25) is 0 Å². The Morgan fingerprint density at radius 1 is 0.914 bits per heavy atom. The summed E-state index contributed by atoms with van der Waals surface area (Å²) in [6, 6.07) is 0. The fraction of sp³-hybridized carbons (Fsp3) is 1.00. The van der Waals surface area contributed by atoms with Crippen molar-refractivity contribution >= 4 is 0 Å². The Bertz CT molecular complexity index is 765. The van der Waals surface area contributed by atoms with Gasteiger partial charge in [-0.15, -0.1) is 0 Å². The molecular weight excluding hydrogens is 430 g/mol. The lowest BCUT2D eigenvalue weighted by Crippen LogP contribution is -2.62. The second-order valence-corrected chi connectivity index (χ2v) is 14.8. The van der Waals surface area contributed by atoms with Gasteiger partial charge in [0.2, 0.25) is 0 Å². The van der Waals surface area contributed by atoms with Crippen LogP contribution in [-0.4, -0.2) is 46.9 Å². The maximum atomic E-state index is 10.8. The van der Waals surface area contributed by atoms with Crippen LogP contribution in [0.3, 0.4) is 0 Å². The highest BCUT2D eigenvalue weighted by molar-refractivity contribution is 5.31. The zero-order chi connectivity index (χ0) is 25.2. The summed E-state index contributed by atoms with van der Waals surface area (Å²) in [6.07, 6.45) is 14.0. The Morgan fingerprint density at radius 2 is 1.66 bits per heavy atom. The lowest BCUT2D eigenvalue weighted by molar-refractivity contribution is -0.124. The van der Waals surface area contributed by atoms with E-state index in [0.29, 0.717) is 5.41 Å². The molecule has 0 aromatic heterocycles. The van der Waals surface area contributed by atoms with E-state index in [0.717, 1.165) is 74.4 Å². The van der Waals surface area contributed by atoms with Crippen LogP contribution in [0.25, 0.3) is 0 Å². The molecule has 0 bridgehead atoms. The predicted octanol–water partition coefficient (Wildman–Crippen LogP) is 7.31. The summed E-state index contributed by atoms with van der Waals surface area (Å²) in [6.45, 7) is 20.5. The lowest BCUT2D eigenvalue weighted by atomic mass is 9.42. The van der Waals surface area contributed by atoms with Crippen molar-refractivity contribution in [3.8, 4) is 0 Å². The fourth-order valence-electron chi connectivity index (χ4n) is 11.0. The SMILES string of the molecule is CCN(CC)C[C@]12C[C@H]3[C@@H]4CC[C@H]([C@H](C)CCCC(C)C)[C@@]4(C)CC[C@@H]3[C@@]3(C)CC[C@H](O)C[C@@]13O2. The Labute approximate surface area is 217 Å². The average molecular weight is 488 g/mol. The van der Waals surface area contributed by atoms with Gasteiger partial charge in [0.1, 0.15) is 11.2 Å². The van der Waals surface area contributed by atoms with Gasteiger partial charge >= 0.3 is 0 Å². The maximum absolute atomic E-state index is 10.8. The largest absolute Gasteiger partial charge is 0.393 e. The summed E-state index contributed by atoms with van der Waals surface area (Å²) in [5, 5.41) is 10.8. The molecule has 4 aliphatic carbocycles. The molecule has 1 aliphatic heterocycles. The summed E-state index contributed by atoms with van der Waals surface area (Å²) in [4.78, 5) is 2.60.